The molecule has 84 valence electrons. The molecule has 0 aromatic rings. The van der Waals surface area contributed by atoms with Crippen LogP contribution in [0.25, 0.3) is 0 Å². The van der Waals surface area contributed by atoms with E-state index in [1.54, 1.807) is 6.92 Å². The van der Waals surface area contributed by atoms with Gasteiger partial charge in [0.05, 0.1) is 5.60 Å². The third kappa shape index (κ3) is 4.38. The highest BCUT2D eigenvalue weighted by Crippen LogP contribution is 2.24. The van der Waals surface area contributed by atoms with Crippen LogP contribution in [0.1, 0.15) is 34.1 Å². The highest BCUT2D eigenvalue weighted by Gasteiger charge is 2.37. The lowest BCUT2D eigenvalue weighted by Gasteiger charge is -2.42. The summed E-state index contributed by atoms with van der Waals surface area (Å²) in [5.74, 6) is 0. The molecule has 0 N–H and O–H groups in total. The van der Waals surface area contributed by atoms with Crippen LogP contribution in [0.4, 0.5) is 4.39 Å². The highest BCUT2D eigenvalue weighted by atomic mass is 19.1. The summed E-state index contributed by atoms with van der Waals surface area (Å²) in [5, 5.41) is 0. The Labute approximate surface area is 86.4 Å². The number of alkyl halides is 1. The molecule has 14 heavy (non-hydrogen) atoms. The molecule has 2 nitrogen and oxygen atoms in total. The molecule has 0 bridgehead atoms. The van der Waals surface area contributed by atoms with Crippen LogP contribution in [0.3, 0.4) is 0 Å². The topological polar surface area (TPSA) is 12.5 Å². The third-order valence-electron chi connectivity index (χ3n) is 2.26. The minimum absolute atomic E-state index is 0.0520. The van der Waals surface area contributed by atoms with Crippen LogP contribution in [0.15, 0.2) is 0 Å². The first-order chi connectivity index (χ1) is 6.29. The van der Waals surface area contributed by atoms with E-state index in [1.807, 2.05) is 0 Å². The molecular weight excluding hydrogens is 181 g/mol. The smallest absolute Gasteiger partial charge is 0.133 e. The minimum Gasteiger partial charge on any atom is -0.376 e. The van der Waals surface area contributed by atoms with Crippen molar-refractivity contribution in [2.75, 3.05) is 26.2 Å². The average Bonchev–Trinajstić information content (AvgIpc) is 1.92. The molecule has 3 heteroatoms. The van der Waals surface area contributed by atoms with Crippen LogP contribution in [0.5, 0.6) is 0 Å². The molecule has 0 amide bonds. The van der Waals surface area contributed by atoms with E-state index in [9.17, 15) is 4.39 Å². The van der Waals surface area contributed by atoms with Gasteiger partial charge in [-0.15, -0.1) is 0 Å². The second-order valence-electron chi connectivity index (χ2n) is 5.44. The zero-order chi connectivity index (χ0) is 10.8. The lowest BCUT2D eigenvalue weighted by atomic mass is 9.99. The van der Waals surface area contributed by atoms with Crippen molar-refractivity contribution in [1.82, 2.24) is 4.90 Å². The second-order valence-corrected chi connectivity index (χ2v) is 5.44. The van der Waals surface area contributed by atoms with Crippen molar-refractivity contribution in [1.29, 1.82) is 0 Å². The monoisotopic (exact) mass is 203 g/mol. The fourth-order valence-electron chi connectivity index (χ4n) is 1.71. The summed E-state index contributed by atoms with van der Waals surface area (Å²) in [6, 6.07) is 0. The van der Waals surface area contributed by atoms with Crippen molar-refractivity contribution in [3.63, 3.8) is 0 Å². The Balaban J connectivity index is 1.96. The maximum Gasteiger partial charge on any atom is 0.133 e. The summed E-state index contributed by atoms with van der Waals surface area (Å²) in [6.45, 7) is 10.7. The van der Waals surface area contributed by atoms with E-state index in [1.165, 1.54) is 0 Å². The molecule has 1 aliphatic heterocycles. The molecule has 0 saturated carbocycles. The van der Waals surface area contributed by atoms with Gasteiger partial charge in [0.2, 0.25) is 0 Å². The average molecular weight is 203 g/mol. The summed E-state index contributed by atoms with van der Waals surface area (Å²) >= 11 is 0. The quantitative estimate of drug-likeness (QED) is 0.650. The highest BCUT2D eigenvalue weighted by molar-refractivity contribution is 4.91. The van der Waals surface area contributed by atoms with E-state index in [4.69, 9.17) is 4.74 Å². The number of hydrogen-bond donors (Lipinski definition) is 0. The number of hydrogen-bond acceptors (Lipinski definition) is 2. The molecule has 0 unspecified atom stereocenters. The van der Waals surface area contributed by atoms with Crippen molar-refractivity contribution in [2.45, 2.75) is 45.4 Å². The molecule has 1 fully saturated rings. The van der Waals surface area contributed by atoms with Crippen LogP contribution in [-0.2, 0) is 4.74 Å². The van der Waals surface area contributed by atoms with E-state index >= 15 is 0 Å². The van der Waals surface area contributed by atoms with Crippen molar-refractivity contribution in [3.05, 3.63) is 0 Å². The van der Waals surface area contributed by atoms with E-state index < -0.39 is 5.67 Å². The molecule has 0 aliphatic carbocycles. The van der Waals surface area contributed by atoms with Crippen LogP contribution in [-0.4, -0.2) is 42.4 Å². The normalized spacial score (nSPS) is 22.1. The van der Waals surface area contributed by atoms with Gasteiger partial charge in [-0.3, -0.25) is 4.90 Å². The summed E-state index contributed by atoms with van der Waals surface area (Å²) in [4.78, 5) is 2.13. The number of rotatable bonds is 4. The van der Waals surface area contributed by atoms with Crippen LogP contribution < -0.4 is 0 Å². The van der Waals surface area contributed by atoms with Crippen LogP contribution in [0.2, 0.25) is 0 Å². The van der Waals surface area contributed by atoms with Gasteiger partial charge < -0.3 is 4.74 Å². The predicted molar refractivity (Wildman–Crippen MR) is 56.3 cm³/mol. The second kappa shape index (κ2) is 4.15. The number of ether oxygens (including phenoxy) is 1. The summed E-state index contributed by atoms with van der Waals surface area (Å²) < 4.78 is 18.7. The third-order valence-corrected chi connectivity index (χ3v) is 2.26. The molecular formula is C11H22FNO. The van der Waals surface area contributed by atoms with Crippen LogP contribution in [0, 0.1) is 0 Å². The van der Waals surface area contributed by atoms with Gasteiger partial charge in [-0.05, 0) is 34.1 Å². The molecule has 1 heterocycles. The minimum atomic E-state index is -0.940. The van der Waals surface area contributed by atoms with E-state index in [0.717, 1.165) is 19.6 Å². The molecule has 0 aromatic carbocycles. The number of halogens is 1. The Hall–Kier alpha value is -0.150. The Morgan fingerprint density at radius 3 is 2.36 bits per heavy atom. The van der Waals surface area contributed by atoms with Gasteiger partial charge in [-0.2, -0.15) is 0 Å². The first kappa shape index (κ1) is 11.9. The maximum absolute atomic E-state index is 13.1. The molecule has 1 saturated heterocycles. The van der Waals surface area contributed by atoms with Crippen LogP contribution >= 0.6 is 0 Å². The molecule has 1 aliphatic rings. The van der Waals surface area contributed by atoms with Gasteiger partial charge in [0.1, 0.15) is 5.67 Å². The Bertz CT molecular complexity index is 178. The Morgan fingerprint density at radius 2 is 1.93 bits per heavy atom. The van der Waals surface area contributed by atoms with Gasteiger partial charge in [-0.25, -0.2) is 4.39 Å². The zero-order valence-corrected chi connectivity index (χ0v) is 9.77. The maximum atomic E-state index is 13.1. The molecule has 0 atom stereocenters. The lowest BCUT2D eigenvalue weighted by molar-refractivity contribution is -0.0365. The van der Waals surface area contributed by atoms with Crippen molar-refractivity contribution >= 4 is 0 Å². The van der Waals surface area contributed by atoms with Gasteiger partial charge in [0.15, 0.2) is 0 Å². The van der Waals surface area contributed by atoms with Gasteiger partial charge in [0, 0.05) is 26.2 Å². The largest absolute Gasteiger partial charge is 0.376 e. The Kier molecular flexibility index (Phi) is 3.53. The fourth-order valence-corrected chi connectivity index (χ4v) is 1.71. The van der Waals surface area contributed by atoms with Crippen molar-refractivity contribution in [3.8, 4) is 0 Å². The van der Waals surface area contributed by atoms with Gasteiger partial charge in [0.25, 0.3) is 0 Å². The number of nitrogens with zero attached hydrogens (tertiary/aromatic N) is 1. The summed E-state index contributed by atoms with van der Waals surface area (Å²) in [5.41, 5.74) is -0.992. The summed E-state index contributed by atoms with van der Waals surface area (Å²) in [6.07, 6.45) is 0.993. The Morgan fingerprint density at radius 1 is 1.36 bits per heavy atom. The van der Waals surface area contributed by atoms with Crippen molar-refractivity contribution < 1.29 is 9.13 Å². The van der Waals surface area contributed by atoms with Gasteiger partial charge in [-0.1, -0.05) is 0 Å². The van der Waals surface area contributed by atoms with Crippen molar-refractivity contribution in [2.24, 2.45) is 0 Å². The predicted octanol–water partition coefficient (Wildman–Crippen LogP) is 2.24. The molecule has 0 spiro atoms. The molecule has 0 aromatic heterocycles. The standard InChI is InChI=1S/C11H22FNO/c1-10(2,3)14-7-5-6-13-8-11(4,12)9-13/h5-9H2,1-4H3. The molecule has 1 rings (SSSR count). The number of likely N-dealkylation sites (tertiary alicyclic amines) is 1. The van der Waals surface area contributed by atoms with E-state index in [-0.39, 0.29) is 5.60 Å². The van der Waals surface area contributed by atoms with E-state index in [2.05, 4.69) is 25.7 Å². The first-order valence-electron chi connectivity index (χ1n) is 5.34. The van der Waals surface area contributed by atoms with E-state index in [0.29, 0.717) is 13.1 Å². The first-order valence-corrected chi connectivity index (χ1v) is 5.34. The zero-order valence-electron chi connectivity index (χ0n) is 9.77. The van der Waals surface area contributed by atoms with Gasteiger partial charge >= 0.3 is 0 Å². The fraction of sp³-hybridized carbons (Fsp3) is 1.00. The summed E-state index contributed by atoms with van der Waals surface area (Å²) in [7, 11) is 0. The lowest BCUT2D eigenvalue weighted by Crippen LogP contribution is -2.57. The SMILES string of the molecule is CC1(F)CN(CCCOC(C)(C)C)C1. The molecule has 0 radical (unpaired) electrons.